The molecular weight excluding hydrogens is 668 g/mol. The van der Waals surface area contributed by atoms with Crippen LogP contribution in [0, 0.1) is 5.82 Å². The van der Waals surface area contributed by atoms with Crippen molar-refractivity contribution in [3.8, 4) is 39.5 Å². The van der Waals surface area contributed by atoms with E-state index < -0.39 is 11.7 Å². The zero-order valence-electron chi connectivity index (χ0n) is 27.8. The van der Waals surface area contributed by atoms with Crippen molar-refractivity contribution in [2.75, 3.05) is 20.2 Å². The van der Waals surface area contributed by atoms with Crippen LogP contribution in [0.25, 0.3) is 33.6 Å². The molecule has 49 heavy (non-hydrogen) atoms. The average molecular weight is 707 g/mol. The fraction of sp³-hybridized carbons (Fsp3) is 0.351. The Morgan fingerprint density at radius 1 is 1.08 bits per heavy atom. The first-order valence-corrected chi connectivity index (χ1v) is 16.9. The Morgan fingerprint density at radius 3 is 2.59 bits per heavy atom. The third-order valence-electron chi connectivity index (χ3n) is 8.61. The summed E-state index contributed by atoms with van der Waals surface area (Å²) in [6, 6.07) is 14.6. The topological polar surface area (TPSA) is 106 Å². The van der Waals surface area contributed by atoms with Crippen molar-refractivity contribution in [3.63, 3.8) is 0 Å². The van der Waals surface area contributed by atoms with E-state index in [1.54, 1.807) is 39.1 Å². The van der Waals surface area contributed by atoms with Crippen LogP contribution in [0.2, 0.25) is 10.0 Å². The number of ether oxygens (including phenoxy) is 2. The van der Waals surface area contributed by atoms with Crippen LogP contribution in [0.4, 0.5) is 9.18 Å². The number of aromatic nitrogens is 2. The highest BCUT2D eigenvalue weighted by Gasteiger charge is 2.27. The van der Waals surface area contributed by atoms with Crippen molar-refractivity contribution in [2.45, 2.75) is 64.8 Å². The predicted molar refractivity (Wildman–Crippen MR) is 188 cm³/mol. The Kier molecular flexibility index (Phi) is 10.1. The third kappa shape index (κ3) is 7.82. The number of hydrogen-bond donors (Lipinski definition) is 2. The van der Waals surface area contributed by atoms with Gasteiger partial charge < -0.3 is 20.1 Å². The number of hydrogen-bond acceptors (Lipinski definition) is 7. The molecule has 0 unspecified atom stereocenters. The van der Waals surface area contributed by atoms with Gasteiger partial charge in [0.15, 0.2) is 0 Å². The van der Waals surface area contributed by atoms with E-state index in [1.807, 2.05) is 30.3 Å². The van der Waals surface area contributed by atoms with E-state index in [4.69, 9.17) is 32.7 Å². The summed E-state index contributed by atoms with van der Waals surface area (Å²) < 4.78 is 26.5. The number of pyridine rings is 2. The van der Waals surface area contributed by atoms with Gasteiger partial charge in [0, 0.05) is 71.7 Å². The molecule has 2 aliphatic rings. The zero-order chi connectivity index (χ0) is 34.9. The molecular formula is C37H38Cl2FN5O4. The van der Waals surface area contributed by atoms with Gasteiger partial charge in [0.1, 0.15) is 11.4 Å². The van der Waals surface area contributed by atoms with Crippen molar-refractivity contribution >= 4 is 35.2 Å². The smallest absolute Gasteiger partial charge is 0.407 e. The van der Waals surface area contributed by atoms with Crippen molar-refractivity contribution < 1.29 is 23.5 Å². The largest absolute Gasteiger partial charge is 0.481 e. The molecule has 4 aromatic rings. The van der Waals surface area contributed by atoms with Crippen molar-refractivity contribution in [1.82, 2.24) is 25.5 Å². The Hall–Kier alpha value is -4.25. The summed E-state index contributed by atoms with van der Waals surface area (Å²) in [5.74, 6) is 0.109. The minimum absolute atomic E-state index is 0.0787. The molecule has 2 aromatic heterocycles. The highest BCUT2D eigenvalue weighted by molar-refractivity contribution is 6.39. The van der Waals surface area contributed by atoms with Crippen LogP contribution in [0.5, 0.6) is 5.88 Å². The Morgan fingerprint density at radius 2 is 1.86 bits per heavy atom. The maximum atomic E-state index is 15.6. The van der Waals surface area contributed by atoms with Gasteiger partial charge in [-0.2, -0.15) is 0 Å². The van der Waals surface area contributed by atoms with Crippen molar-refractivity contribution in [1.29, 1.82) is 0 Å². The lowest BCUT2D eigenvalue weighted by Crippen LogP contribution is -2.41. The van der Waals surface area contributed by atoms with Gasteiger partial charge in [0.25, 0.3) is 0 Å². The number of fused-ring (bicyclic) bond motifs is 1. The fourth-order valence-electron chi connectivity index (χ4n) is 6.30. The fourth-order valence-corrected chi connectivity index (χ4v) is 6.94. The number of nitrogens with zero attached hydrogens (tertiary/aromatic N) is 3. The number of nitrogens with one attached hydrogen (secondary N) is 2. The van der Waals surface area contributed by atoms with Crippen LogP contribution in [-0.2, 0) is 29.0 Å². The van der Waals surface area contributed by atoms with Gasteiger partial charge in [-0.15, -0.1) is 0 Å². The van der Waals surface area contributed by atoms with Crippen LogP contribution in [0.1, 0.15) is 50.3 Å². The Balaban J connectivity index is 1.24. The summed E-state index contributed by atoms with van der Waals surface area (Å²) in [7, 11) is 1.51. The number of halogens is 3. The predicted octanol–water partition coefficient (Wildman–Crippen LogP) is 7.59. The molecule has 0 aliphatic carbocycles. The summed E-state index contributed by atoms with van der Waals surface area (Å²) in [6.07, 6.45) is 3.13. The number of methoxy groups -OCH3 is 1. The maximum absolute atomic E-state index is 15.6. The number of alkyl carbamates (subject to hydrolysis) is 1. The second kappa shape index (κ2) is 14.3. The van der Waals surface area contributed by atoms with E-state index in [9.17, 15) is 9.59 Å². The molecule has 0 bridgehead atoms. The van der Waals surface area contributed by atoms with Gasteiger partial charge in [-0.05, 0) is 69.5 Å². The molecule has 4 heterocycles. The van der Waals surface area contributed by atoms with Crippen molar-refractivity contribution in [2.24, 2.45) is 0 Å². The standard InChI is InChI=1S/C37H38Cl2FN5O4/c1-37(2,3)49-36(47)42-18-22-8-10-30(44-35(22)48-4)27-7-5-6-25(32(27)38)26-12-14-41-34(33(26)39)23-16-21-13-15-45(20-28(21)29(40)17-23)19-24-9-11-31(46)43-24/h5-8,10,12,14,16-17,24H,9,11,13,15,18-20H2,1-4H3,(H,42,47)(H,43,46)/t24-/m0/s1. The van der Waals surface area contributed by atoms with Crippen LogP contribution < -0.4 is 15.4 Å². The van der Waals surface area contributed by atoms with Gasteiger partial charge in [-0.1, -0.05) is 41.4 Å². The summed E-state index contributed by atoms with van der Waals surface area (Å²) in [4.78, 5) is 35.2. The molecule has 0 radical (unpaired) electrons. The molecule has 12 heteroatoms. The van der Waals surface area contributed by atoms with Gasteiger partial charge in [0.2, 0.25) is 11.8 Å². The third-order valence-corrected chi connectivity index (χ3v) is 9.40. The normalized spacial score (nSPS) is 16.2. The van der Waals surface area contributed by atoms with E-state index >= 15 is 4.39 Å². The van der Waals surface area contributed by atoms with Crippen LogP contribution >= 0.6 is 23.2 Å². The first-order valence-electron chi connectivity index (χ1n) is 16.2. The molecule has 2 aromatic carbocycles. The minimum Gasteiger partial charge on any atom is -0.481 e. The van der Waals surface area contributed by atoms with Gasteiger partial charge in [0.05, 0.1) is 35.1 Å². The molecule has 256 valence electrons. The van der Waals surface area contributed by atoms with E-state index in [1.165, 1.54) is 13.2 Å². The second-order valence-electron chi connectivity index (χ2n) is 13.3. The van der Waals surface area contributed by atoms with Gasteiger partial charge in [-0.25, -0.2) is 14.2 Å². The maximum Gasteiger partial charge on any atom is 0.407 e. The lowest BCUT2D eigenvalue weighted by molar-refractivity contribution is -0.119. The number of amides is 2. The first-order chi connectivity index (χ1) is 23.4. The molecule has 0 saturated carbocycles. The molecule has 2 N–H and O–H groups in total. The molecule has 1 fully saturated rings. The number of carbonyl (C=O) groups excluding carboxylic acids is 2. The molecule has 1 saturated heterocycles. The lowest BCUT2D eigenvalue weighted by atomic mass is 9.94. The summed E-state index contributed by atoms with van der Waals surface area (Å²) in [5, 5.41) is 6.50. The summed E-state index contributed by atoms with van der Waals surface area (Å²) in [5.41, 5.74) is 5.21. The minimum atomic E-state index is -0.618. The molecule has 2 aliphatic heterocycles. The van der Waals surface area contributed by atoms with E-state index in [2.05, 4.69) is 25.5 Å². The zero-order valence-corrected chi connectivity index (χ0v) is 29.3. The van der Waals surface area contributed by atoms with Crippen LogP contribution in [0.15, 0.2) is 54.7 Å². The highest BCUT2D eigenvalue weighted by atomic mass is 35.5. The molecule has 2 amide bonds. The number of rotatable bonds is 8. The van der Waals surface area contributed by atoms with Gasteiger partial charge in [-0.3, -0.25) is 14.7 Å². The van der Waals surface area contributed by atoms with Crippen LogP contribution in [0.3, 0.4) is 0 Å². The van der Waals surface area contributed by atoms with Gasteiger partial charge >= 0.3 is 6.09 Å². The average Bonchev–Trinajstić information content (AvgIpc) is 3.47. The molecule has 0 spiro atoms. The molecule has 1 atom stereocenters. The quantitative estimate of drug-likeness (QED) is 0.195. The highest BCUT2D eigenvalue weighted by Crippen LogP contribution is 2.42. The van der Waals surface area contributed by atoms with E-state index in [0.29, 0.717) is 86.6 Å². The number of benzene rings is 2. The summed E-state index contributed by atoms with van der Waals surface area (Å²) in [6.45, 7) is 7.51. The first kappa shape index (κ1) is 34.6. The van der Waals surface area contributed by atoms with E-state index in [0.717, 1.165) is 18.5 Å². The van der Waals surface area contributed by atoms with Crippen LogP contribution in [-0.4, -0.2) is 58.7 Å². The molecule has 9 nitrogen and oxygen atoms in total. The summed E-state index contributed by atoms with van der Waals surface area (Å²) >= 11 is 14.0. The second-order valence-corrected chi connectivity index (χ2v) is 14.0. The Labute approximate surface area is 295 Å². The van der Waals surface area contributed by atoms with Crippen molar-refractivity contribution in [3.05, 3.63) is 87.3 Å². The number of carbonyl (C=O) groups is 2. The van der Waals surface area contributed by atoms with E-state index in [-0.39, 0.29) is 24.3 Å². The Bertz CT molecular complexity index is 1910. The molecule has 6 rings (SSSR count). The SMILES string of the molecule is COc1nc(-c2cccc(-c3ccnc(-c4cc(F)c5c(c4)CCN(C[C@@H]4CCC(=O)N4)C5)c3Cl)c2Cl)ccc1CNC(=O)OC(C)(C)C. The monoisotopic (exact) mass is 705 g/mol. The lowest BCUT2D eigenvalue weighted by Gasteiger charge is -2.31.